The number of carbonyl (C=O) groups is 1. The molecule has 2 unspecified atom stereocenters. The second kappa shape index (κ2) is 6.34. The molecule has 0 aliphatic carbocycles. The zero-order valence-electron chi connectivity index (χ0n) is 11.7. The smallest absolute Gasteiger partial charge is 0.178 e. The van der Waals surface area contributed by atoms with Gasteiger partial charge >= 0.3 is 0 Å². The van der Waals surface area contributed by atoms with E-state index in [1.807, 2.05) is 6.07 Å². The van der Waals surface area contributed by atoms with Crippen molar-refractivity contribution in [3.63, 3.8) is 0 Å². The zero-order chi connectivity index (χ0) is 13.7. The van der Waals surface area contributed by atoms with Gasteiger partial charge in [-0.3, -0.25) is 9.78 Å². The molecule has 0 bridgehead atoms. The third-order valence-electron chi connectivity index (χ3n) is 3.37. The molecule has 0 aliphatic rings. The molecule has 0 fully saturated rings. The van der Waals surface area contributed by atoms with Gasteiger partial charge in [0.1, 0.15) is 5.69 Å². The summed E-state index contributed by atoms with van der Waals surface area (Å²) in [7, 11) is 0. The van der Waals surface area contributed by atoms with Gasteiger partial charge in [0.25, 0.3) is 0 Å². The van der Waals surface area contributed by atoms with Gasteiger partial charge in [0.05, 0.1) is 0 Å². The van der Waals surface area contributed by atoms with E-state index in [4.69, 9.17) is 0 Å². The number of carbonyl (C=O) groups excluding carboxylic acids is 1. The molecule has 18 heavy (non-hydrogen) atoms. The van der Waals surface area contributed by atoms with E-state index in [1.54, 1.807) is 12.3 Å². The van der Waals surface area contributed by atoms with Gasteiger partial charge < -0.3 is 5.32 Å². The highest BCUT2D eigenvalue weighted by molar-refractivity contribution is 5.92. The molecule has 1 N–H and O–H groups in total. The van der Waals surface area contributed by atoms with Gasteiger partial charge in [-0.05, 0) is 25.0 Å². The quantitative estimate of drug-likeness (QED) is 0.783. The molecule has 3 nitrogen and oxygen atoms in total. The van der Waals surface area contributed by atoms with Crippen LogP contribution in [0.2, 0.25) is 0 Å². The summed E-state index contributed by atoms with van der Waals surface area (Å²) >= 11 is 0. The fourth-order valence-electron chi connectivity index (χ4n) is 1.63. The van der Waals surface area contributed by atoms with Crippen LogP contribution in [0.4, 0.5) is 0 Å². The monoisotopic (exact) mass is 248 g/mol. The fourth-order valence-corrected chi connectivity index (χ4v) is 1.63. The number of aromatic nitrogens is 1. The van der Waals surface area contributed by atoms with Gasteiger partial charge in [-0.15, -0.1) is 0 Å². The zero-order valence-corrected chi connectivity index (χ0v) is 11.7. The molecule has 0 saturated carbocycles. The number of ketones is 1. The van der Waals surface area contributed by atoms with Crippen molar-refractivity contribution in [3.05, 3.63) is 36.2 Å². The van der Waals surface area contributed by atoms with E-state index in [9.17, 15) is 4.79 Å². The molecule has 1 rings (SSSR count). The number of hydrogen-bond donors (Lipinski definition) is 1. The van der Waals surface area contributed by atoms with Gasteiger partial charge in [-0.2, -0.15) is 0 Å². The van der Waals surface area contributed by atoms with E-state index < -0.39 is 0 Å². The molecule has 0 aromatic carbocycles. The number of nitrogens with one attached hydrogen (secondary N) is 1. The highest BCUT2D eigenvalue weighted by Gasteiger charge is 2.11. The number of rotatable bonds is 6. The van der Waals surface area contributed by atoms with Crippen LogP contribution in [0.3, 0.4) is 0 Å². The summed E-state index contributed by atoms with van der Waals surface area (Å²) in [6.45, 7) is 12.1. The molecule has 2 atom stereocenters. The lowest BCUT2D eigenvalue weighted by molar-refractivity contribution is 0.101. The lowest BCUT2D eigenvalue weighted by Gasteiger charge is -2.22. The summed E-state index contributed by atoms with van der Waals surface area (Å²) in [6, 6.07) is 3.98. The molecule has 0 spiro atoms. The van der Waals surface area contributed by atoms with Crippen LogP contribution in [0.5, 0.6) is 0 Å². The lowest BCUT2D eigenvalue weighted by atomic mass is 10.0. The van der Waals surface area contributed by atoms with Crippen molar-refractivity contribution in [1.29, 1.82) is 0 Å². The molecule has 3 heteroatoms. The summed E-state index contributed by atoms with van der Waals surface area (Å²) in [5, 5.41) is 3.38. The van der Waals surface area contributed by atoms with E-state index in [2.05, 4.69) is 37.7 Å². The van der Waals surface area contributed by atoms with Gasteiger partial charge in [0.15, 0.2) is 5.78 Å². The Morgan fingerprint density at radius 2 is 2.17 bits per heavy atom. The molecule has 1 heterocycles. The molecule has 0 amide bonds. The van der Waals surface area contributed by atoms with Crippen molar-refractivity contribution in [3.8, 4) is 0 Å². The van der Waals surface area contributed by atoms with Gasteiger partial charge in [0, 0.05) is 31.8 Å². The standard InChI is InChI=1S/C15H22N2O.H2/c1-6-10(2)11(3)17-12(4)14-7-8-15(13(5)18)16-9-14;/h7-11,17H,4,6H2,1-3,5H3;1H. The maximum atomic E-state index is 11.1. The van der Waals surface area contributed by atoms with E-state index in [0.29, 0.717) is 17.7 Å². The fraction of sp³-hybridized carbons (Fsp3) is 0.467. The SMILES string of the molecule is C=C(NC(C)C(C)CC)c1ccc(C(C)=O)nc1.[HH]. The lowest BCUT2D eigenvalue weighted by Crippen LogP contribution is -2.30. The predicted octanol–water partition coefficient (Wildman–Crippen LogP) is 3.53. The average molecular weight is 248 g/mol. The Labute approximate surface area is 111 Å². The molecular formula is C15H24N2O. The van der Waals surface area contributed by atoms with Crippen LogP contribution >= 0.6 is 0 Å². The topological polar surface area (TPSA) is 42.0 Å². The number of nitrogens with zero attached hydrogens (tertiary/aromatic N) is 1. The Morgan fingerprint density at radius 3 is 2.61 bits per heavy atom. The summed E-state index contributed by atoms with van der Waals surface area (Å²) in [4.78, 5) is 15.3. The molecule has 0 aliphatic heterocycles. The molecule has 0 radical (unpaired) electrons. The Hall–Kier alpha value is -1.64. The second-order valence-corrected chi connectivity index (χ2v) is 4.79. The van der Waals surface area contributed by atoms with Crippen LogP contribution in [0.1, 0.15) is 51.6 Å². The van der Waals surface area contributed by atoms with E-state index in [0.717, 1.165) is 17.7 Å². The first-order valence-electron chi connectivity index (χ1n) is 6.38. The van der Waals surface area contributed by atoms with Crippen LogP contribution < -0.4 is 5.32 Å². The van der Waals surface area contributed by atoms with E-state index >= 15 is 0 Å². The highest BCUT2D eigenvalue weighted by atomic mass is 16.1. The largest absolute Gasteiger partial charge is 0.382 e. The number of pyridine rings is 1. The number of Topliss-reactive ketones (excluding diaryl/α,β-unsaturated/α-hetero) is 1. The maximum Gasteiger partial charge on any atom is 0.178 e. The molecule has 1 aromatic rings. The normalized spacial score (nSPS) is 13.8. The second-order valence-electron chi connectivity index (χ2n) is 4.79. The van der Waals surface area contributed by atoms with Gasteiger partial charge in [-0.25, -0.2) is 0 Å². The van der Waals surface area contributed by atoms with Crippen LogP contribution in [0.15, 0.2) is 24.9 Å². The minimum atomic E-state index is -0.0203. The Morgan fingerprint density at radius 1 is 1.50 bits per heavy atom. The van der Waals surface area contributed by atoms with Gasteiger partial charge in [0.2, 0.25) is 0 Å². The van der Waals surface area contributed by atoms with Crippen LogP contribution in [0, 0.1) is 5.92 Å². The van der Waals surface area contributed by atoms with Crippen molar-refractivity contribution in [1.82, 2.24) is 10.3 Å². The van der Waals surface area contributed by atoms with Crippen LogP contribution in [-0.4, -0.2) is 16.8 Å². The minimum Gasteiger partial charge on any atom is -0.382 e. The summed E-state index contributed by atoms with van der Waals surface area (Å²) in [5.41, 5.74) is 2.27. The first-order chi connectivity index (χ1) is 8.45. The van der Waals surface area contributed by atoms with E-state index in [-0.39, 0.29) is 7.21 Å². The van der Waals surface area contributed by atoms with Crippen LogP contribution in [0.25, 0.3) is 5.70 Å². The third-order valence-corrected chi connectivity index (χ3v) is 3.37. The molecule has 100 valence electrons. The van der Waals surface area contributed by atoms with Gasteiger partial charge in [-0.1, -0.05) is 26.8 Å². The number of hydrogen-bond acceptors (Lipinski definition) is 3. The summed E-state index contributed by atoms with van der Waals surface area (Å²) in [6.07, 6.45) is 2.82. The Bertz CT molecular complexity index is 428. The predicted molar refractivity (Wildman–Crippen MR) is 77.4 cm³/mol. The molecular weight excluding hydrogens is 224 g/mol. The van der Waals surface area contributed by atoms with Crippen molar-refractivity contribution in [2.24, 2.45) is 5.92 Å². The minimum absolute atomic E-state index is 0. The Balaban J connectivity index is 0.00000324. The molecule has 1 aromatic heterocycles. The summed E-state index contributed by atoms with van der Waals surface area (Å²) in [5.74, 6) is 0.569. The Kier molecular flexibility index (Phi) is 5.08. The first-order valence-corrected chi connectivity index (χ1v) is 6.38. The van der Waals surface area contributed by atoms with Crippen LogP contribution in [-0.2, 0) is 0 Å². The van der Waals surface area contributed by atoms with Crippen molar-refractivity contribution in [2.75, 3.05) is 0 Å². The summed E-state index contributed by atoms with van der Waals surface area (Å²) < 4.78 is 0. The average Bonchev–Trinajstić information content (AvgIpc) is 2.37. The third kappa shape index (κ3) is 3.69. The first kappa shape index (κ1) is 14.4. The van der Waals surface area contributed by atoms with E-state index in [1.165, 1.54) is 6.92 Å². The van der Waals surface area contributed by atoms with Crippen molar-refractivity contribution >= 4 is 11.5 Å². The van der Waals surface area contributed by atoms with Crippen molar-refractivity contribution < 1.29 is 6.22 Å². The van der Waals surface area contributed by atoms with Crippen molar-refractivity contribution in [2.45, 2.75) is 40.2 Å². The highest BCUT2D eigenvalue weighted by Crippen LogP contribution is 2.14. The maximum absolute atomic E-state index is 11.1. The molecule has 0 saturated heterocycles.